The van der Waals surface area contributed by atoms with Crippen LogP contribution < -0.4 is 10.1 Å². The minimum atomic E-state index is 0.134. The molecule has 7 nitrogen and oxygen atoms in total. The molecule has 1 aliphatic rings. The Hall–Kier alpha value is -1.86. The summed E-state index contributed by atoms with van der Waals surface area (Å²) in [5, 5.41) is 12.3. The van der Waals surface area contributed by atoms with Crippen LogP contribution in [0.4, 0.5) is 0 Å². The van der Waals surface area contributed by atoms with E-state index in [1.807, 2.05) is 24.9 Å². The fourth-order valence-corrected chi connectivity index (χ4v) is 3.43. The highest BCUT2D eigenvalue weighted by atomic mass is 16.5. The van der Waals surface area contributed by atoms with Gasteiger partial charge in [0.05, 0.1) is 30.7 Å². The van der Waals surface area contributed by atoms with E-state index in [-0.39, 0.29) is 6.10 Å². The Morgan fingerprint density at radius 1 is 1.46 bits per heavy atom. The van der Waals surface area contributed by atoms with E-state index >= 15 is 0 Å². The molecular weight excluding hydrogens is 306 g/mol. The predicted molar refractivity (Wildman–Crippen MR) is 90.9 cm³/mol. The van der Waals surface area contributed by atoms with E-state index in [0.29, 0.717) is 5.92 Å². The van der Waals surface area contributed by atoms with E-state index in [2.05, 4.69) is 28.6 Å². The molecule has 0 unspecified atom stereocenters. The van der Waals surface area contributed by atoms with E-state index in [1.165, 1.54) is 5.56 Å². The topological polar surface area (TPSA) is 66.1 Å². The summed E-state index contributed by atoms with van der Waals surface area (Å²) < 4.78 is 15.1. The first-order valence-corrected chi connectivity index (χ1v) is 8.55. The number of methoxy groups -OCH3 is 1. The second kappa shape index (κ2) is 7.36. The lowest BCUT2D eigenvalue weighted by atomic mass is 9.97. The second-order valence-corrected chi connectivity index (χ2v) is 6.30. The molecule has 1 N–H and O–H groups in total. The zero-order valence-corrected chi connectivity index (χ0v) is 15.0. The summed E-state index contributed by atoms with van der Waals surface area (Å²) in [7, 11) is 3.59. The van der Waals surface area contributed by atoms with E-state index in [1.54, 1.807) is 11.8 Å². The molecule has 0 saturated carbocycles. The maximum atomic E-state index is 5.95. The lowest BCUT2D eigenvalue weighted by Crippen LogP contribution is -2.24. The van der Waals surface area contributed by atoms with Crippen molar-refractivity contribution in [2.75, 3.05) is 20.3 Å². The third-order valence-corrected chi connectivity index (χ3v) is 4.71. The van der Waals surface area contributed by atoms with Gasteiger partial charge < -0.3 is 14.8 Å². The van der Waals surface area contributed by atoms with Crippen LogP contribution >= 0.6 is 0 Å². The van der Waals surface area contributed by atoms with Crippen LogP contribution in [0.3, 0.4) is 0 Å². The second-order valence-electron chi connectivity index (χ2n) is 6.30. The fourth-order valence-electron chi connectivity index (χ4n) is 3.43. The number of aromatic nitrogens is 4. The molecule has 0 bridgehead atoms. The van der Waals surface area contributed by atoms with E-state index < -0.39 is 0 Å². The average Bonchev–Trinajstić information content (AvgIpc) is 3.27. The Balaban J connectivity index is 1.60. The summed E-state index contributed by atoms with van der Waals surface area (Å²) in [6.07, 6.45) is 5.23. The van der Waals surface area contributed by atoms with Gasteiger partial charge in [0.2, 0.25) is 5.88 Å². The average molecular weight is 333 g/mol. The maximum Gasteiger partial charge on any atom is 0.216 e. The largest absolute Gasteiger partial charge is 0.481 e. The highest BCUT2D eigenvalue weighted by molar-refractivity contribution is 5.30. The SMILES string of the molecule is CCn1cc([C@@H]2OCC[C@H]2CNCc2c(C)nn(C)c2OC)cn1. The monoisotopic (exact) mass is 333 g/mol. The first-order valence-electron chi connectivity index (χ1n) is 8.55. The molecule has 0 spiro atoms. The molecular formula is C17H27N5O2. The van der Waals surface area contributed by atoms with Crippen LogP contribution in [0.25, 0.3) is 0 Å². The van der Waals surface area contributed by atoms with E-state index in [9.17, 15) is 0 Å². The highest BCUT2D eigenvalue weighted by Gasteiger charge is 2.30. The van der Waals surface area contributed by atoms with Crippen molar-refractivity contribution in [3.63, 3.8) is 0 Å². The van der Waals surface area contributed by atoms with Crippen molar-refractivity contribution in [2.24, 2.45) is 13.0 Å². The molecule has 3 rings (SSSR count). The molecule has 2 aromatic rings. The van der Waals surface area contributed by atoms with E-state index in [0.717, 1.165) is 49.8 Å². The van der Waals surface area contributed by atoms with Crippen LogP contribution in [0.2, 0.25) is 0 Å². The number of aryl methyl sites for hydroxylation is 3. The summed E-state index contributed by atoms with van der Waals surface area (Å²) in [5.74, 6) is 1.28. The number of hydrogen-bond acceptors (Lipinski definition) is 5. The molecule has 0 aromatic carbocycles. The van der Waals surface area contributed by atoms with Crippen LogP contribution in [0, 0.1) is 12.8 Å². The van der Waals surface area contributed by atoms with Gasteiger partial charge in [0, 0.05) is 51.0 Å². The summed E-state index contributed by atoms with van der Waals surface area (Å²) in [6.45, 7) is 7.45. The summed E-state index contributed by atoms with van der Waals surface area (Å²) in [4.78, 5) is 0. The van der Waals surface area contributed by atoms with Crippen molar-refractivity contribution in [2.45, 2.75) is 39.5 Å². The number of hydrogen-bond donors (Lipinski definition) is 1. The van der Waals surface area contributed by atoms with Gasteiger partial charge >= 0.3 is 0 Å². The number of ether oxygens (including phenoxy) is 2. The van der Waals surface area contributed by atoms with E-state index in [4.69, 9.17) is 9.47 Å². The van der Waals surface area contributed by atoms with Crippen molar-refractivity contribution in [1.82, 2.24) is 24.9 Å². The Bertz CT molecular complexity index is 679. The number of nitrogens with one attached hydrogen (secondary N) is 1. The predicted octanol–water partition coefficient (Wildman–Crippen LogP) is 1.82. The summed E-state index contributed by atoms with van der Waals surface area (Å²) in [5.41, 5.74) is 3.30. The fraction of sp³-hybridized carbons (Fsp3) is 0.647. The lowest BCUT2D eigenvalue weighted by Gasteiger charge is -2.18. The van der Waals surface area contributed by atoms with Crippen molar-refractivity contribution in [3.05, 3.63) is 29.2 Å². The molecule has 0 radical (unpaired) electrons. The molecule has 24 heavy (non-hydrogen) atoms. The zero-order chi connectivity index (χ0) is 17.1. The number of rotatable bonds is 7. The maximum absolute atomic E-state index is 5.95. The van der Waals surface area contributed by atoms with Gasteiger partial charge in [0.15, 0.2) is 0 Å². The lowest BCUT2D eigenvalue weighted by molar-refractivity contribution is 0.0903. The van der Waals surface area contributed by atoms with Gasteiger partial charge in [-0.3, -0.25) is 4.68 Å². The van der Waals surface area contributed by atoms with Gasteiger partial charge in [-0.25, -0.2) is 4.68 Å². The Labute approximate surface area is 142 Å². The molecule has 1 saturated heterocycles. The van der Waals surface area contributed by atoms with Gasteiger partial charge in [-0.2, -0.15) is 10.2 Å². The normalized spacial score (nSPS) is 20.7. The smallest absolute Gasteiger partial charge is 0.216 e. The summed E-state index contributed by atoms with van der Waals surface area (Å²) >= 11 is 0. The molecule has 7 heteroatoms. The van der Waals surface area contributed by atoms with Crippen LogP contribution in [0.5, 0.6) is 5.88 Å². The van der Waals surface area contributed by atoms with Crippen molar-refractivity contribution in [1.29, 1.82) is 0 Å². The Morgan fingerprint density at radius 3 is 3.00 bits per heavy atom. The minimum absolute atomic E-state index is 0.134. The molecule has 0 amide bonds. The molecule has 1 fully saturated rings. The van der Waals surface area contributed by atoms with Crippen molar-refractivity contribution in [3.8, 4) is 5.88 Å². The van der Waals surface area contributed by atoms with Gasteiger partial charge in [-0.05, 0) is 20.3 Å². The van der Waals surface area contributed by atoms with Crippen LogP contribution in [0.15, 0.2) is 12.4 Å². The summed E-state index contributed by atoms with van der Waals surface area (Å²) in [6, 6.07) is 0. The highest BCUT2D eigenvalue weighted by Crippen LogP contribution is 2.34. The standard InChI is InChI=1S/C17H27N5O2/c1-5-22-11-14(9-19-22)16-13(6-7-24-16)8-18-10-15-12(2)20-21(3)17(15)23-4/h9,11,13,16,18H,5-8,10H2,1-4H3/t13-,16+/m0/s1. The van der Waals surface area contributed by atoms with Gasteiger partial charge in [-0.15, -0.1) is 0 Å². The molecule has 1 aliphatic heterocycles. The third kappa shape index (κ3) is 3.32. The number of nitrogens with zero attached hydrogens (tertiary/aromatic N) is 4. The Morgan fingerprint density at radius 2 is 2.29 bits per heavy atom. The quantitative estimate of drug-likeness (QED) is 0.837. The van der Waals surface area contributed by atoms with Crippen LogP contribution in [0.1, 0.15) is 36.3 Å². The zero-order valence-electron chi connectivity index (χ0n) is 15.0. The third-order valence-electron chi connectivity index (χ3n) is 4.71. The molecule has 3 heterocycles. The van der Waals surface area contributed by atoms with Crippen molar-refractivity contribution >= 4 is 0 Å². The molecule has 2 atom stereocenters. The molecule has 2 aromatic heterocycles. The van der Waals surface area contributed by atoms with Gasteiger partial charge in [-0.1, -0.05) is 0 Å². The minimum Gasteiger partial charge on any atom is -0.481 e. The van der Waals surface area contributed by atoms with Crippen molar-refractivity contribution < 1.29 is 9.47 Å². The molecule has 0 aliphatic carbocycles. The van der Waals surface area contributed by atoms with Gasteiger partial charge in [0.1, 0.15) is 0 Å². The first kappa shape index (κ1) is 17.0. The van der Waals surface area contributed by atoms with Gasteiger partial charge in [0.25, 0.3) is 0 Å². The first-order chi connectivity index (χ1) is 11.6. The van der Waals surface area contributed by atoms with Crippen LogP contribution in [-0.2, 0) is 24.9 Å². The van der Waals surface area contributed by atoms with Crippen LogP contribution in [-0.4, -0.2) is 39.8 Å². The Kier molecular flexibility index (Phi) is 5.20. The molecule has 132 valence electrons.